The summed E-state index contributed by atoms with van der Waals surface area (Å²) in [5, 5.41) is 0. The fourth-order valence-corrected chi connectivity index (χ4v) is 3.68. The molecule has 2 aliphatic rings. The van der Waals surface area contributed by atoms with Crippen LogP contribution in [0.4, 0.5) is 5.69 Å². The molecular weight excluding hydrogens is 220 g/mol. The number of anilines is 1. The maximum absolute atomic E-state index is 2.54. The van der Waals surface area contributed by atoms with Crippen LogP contribution in [0.5, 0.6) is 0 Å². The third-order valence-corrected chi connectivity index (χ3v) is 4.80. The van der Waals surface area contributed by atoms with Gasteiger partial charge in [-0.1, -0.05) is 25.1 Å². The van der Waals surface area contributed by atoms with E-state index in [0.717, 1.165) is 12.0 Å². The van der Waals surface area contributed by atoms with Crippen LogP contribution in [0.2, 0.25) is 0 Å². The maximum Gasteiger partial charge on any atom is 0.0951 e. The van der Waals surface area contributed by atoms with Crippen molar-refractivity contribution in [2.24, 2.45) is 5.92 Å². The fraction of sp³-hybridized carbons (Fsp3) is 0.625. The number of piperazine rings is 1. The van der Waals surface area contributed by atoms with Gasteiger partial charge in [-0.05, 0) is 30.9 Å². The first kappa shape index (κ1) is 12.0. The molecule has 2 atom stereocenters. The van der Waals surface area contributed by atoms with Crippen molar-refractivity contribution in [1.29, 1.82) is 0 Å². The van der Waals surface area contributed by atoms with Gasteiger partial charge in [0.05, 0.1) is 32.2 Å². The molecule has 1 aliphatic carbocycles. The van der Waals surface area contributed by atoms with E-state index in [1.54, 1.807) is 0 Å². The van der Waals surface area contributed by atoms with Gasteiger partial charge in [0.2, 0.25) is 0 Å². The van der Waals surface area contributed by atoms with Crippen molar-refractivity contribution in [3.63, 3.8) is 0 Å². The van der Waals surface area contributed by atoms with Crippen molar-refractivity contribution >= 4 is 5.69 Å². The molecule has 0 amide bonds. The molecule has 1 saturated carbocycles. The van der Waals surface area contributed by atoms with E-state index in [9.17, 15) is 0 Å². The number of rotatable bonds is 2. The molecule has 0 bridgehead atoms. The lowest BCUT2D eigenvalue weighted by atomic mass is 10.1. The Balaban J connectivity index is 1.55. The van der Waals surface area contributed by atoms with Crippen LogP contribution in [-0.4, -0.2) is 32.2 Å². The number of nitrogens with one attached hydrogen (secondary N) is 1. The molecule has 1 aromatic carbocycles. The van der Waals surface area contributed by atoms with Crippen molar-refractivity contribution in [1.82, 2.24) is 0 Å². The lowest BCUT2D eigenvalue weighted by molar-refractivity contribution is -0.925. The Morgan fingerprint density at radius 3 is 2.39 bits per heavy atom. The standard InChI is InChI=1S/C16H24N2/c1-14-7-8-16(13-14)18-11-9-17(10-12-18)15-5-3-2-4-6-15/h2-6,14,16H,7-13H2,1H3/p+1/t14-,16-/m0/s1. The number of hydrogen-bond acceptors (Lipinski definition) is 1. The van der Waals surface area contributed by atoms with Crippen LogP contribution >= 0.6 is 0 Å². The summed E-state index contributed by atoms with van der Waals surface area (Å²) in [7, 11) is 0. The van der Waals surface area contributed by atoms with E-state index in [1.807, 2.05) is 4.90 Å². The zero-order valence-corrected chi connectivity index (χ0v) is 11.4. The normalized spacial score (nSPS) is 29.7. The molecule has 0 spiro atoms. The molecule has 1 N–H and O–H groups in total. The molecule has 1 aromatic rings. The predicted octanol–water partition coefficient (Wildman–Crippen LogP) is 1.58. The van der Waals surface area contributed by atoms with E-state index in [1.165, 1.54) is 51.1 Å². The Labute approximate surface area is 111 Å². The third kappa shape index (κ3) is 2.54. The van der Waals surface area contributed by atoms with Crippen LogP contribution < -0.4 is 9.80 Å². The van der Waals surface area contributed by atoms with E-state index in [4.69, 9.17) is 0 Å². The first-order valence-electron chi connectivity index (χ1n) is 7.47. The first-order valence-corrected chi connectivity index (χ1v) is 7.47. The number of quaternary nitrogens is 1. The minimum Gasteiger partial charge on any atom is -0.360 e. The maximum atomic E-state index is 2.54. The van der Waals surface area contributed by atoms with Gasteiger partial charge in [0.1, 0.15) is 0 Å². The smallest absolute Gasteiger partial charge is 0.0951 e. The highest BCUT2D eigenvalue weighted by Gasteiger charge is 2.32. The summed E-state index contributed by atoms with van der Waals surface area (Å²) >= 11 is 0. The van der Waals surface area contributed by atoms with Crippen molar-refractivity contribution < 1.29 is 4.90 Å². The minimum absolute atomic E-state index is 0.956. The van der Waals surface area contributed by atoms with Crippen LogP contribution in [0, 0.1) is 5.92 Å². The number of hydrogen-bond donors (Lipinski definition) is 1. The molecule has 0 unspecified atom stereocenters. The zero-order chi connectivity index (χ0) is 12.4. The molecule has 1 saturated heterocycles. The Bertz CT molecular complexity index is 368. The highest BCUT2D eigenvalue weighted by molar-refractivity contribution is 5.46. The van der Waals surface area contributed by atoms with Crippen molar-refractivity contribution in [2.75, 3.05) is 31.1 Å². The van der Waals surface area contributed by atoms with Gasteiger partial charge in [-0.3, -0.25) is 0 Å². The molecule has 2 heteroatoms. The van der Waals surface area contributed by atoms with Gasteiger partial charge in [-0.25, -0.2) is 0 Å². The molecule has 18 heavy (non-hydrogen) atoms. The van der Waals surface area contributed by atoms with Gasteiger partial charge in [0.15, 0.2) is 0 Å². The van der Waals surface area contributed by atoms with E-state index in [2.05, 4.69) is 42.2 Å². The van der Waals surface area contributed by atoms with E-state index < -0.39 is 0 Å². The van der Waals surface area contributed by atoms with Crippen molar-refractivity contribution in [2.45, 2.75) is 32.2 Å². The topological polar surface area (TPSA) is 7.68 Å². The zero-order valence-electron chi connectivity index (χ0n) is 11.4. The molecule has 2 fully saturated rings. The second-order valence-electron chi connectivity index (χ2n) is 6.10. The first-order chi connectivity index (χ1) is 8.83. The van der Waals surface area contributed by atoms with Gasteiger partial charge >= 0.3 is 0 Å². The monoisotopic (exact) mass is 245 g/mol. The van der Waals surface area contributed by atoms with Gasteiger partial charge < -0.3 is 9.80 Å². The Morgan fingerprint density at radius 2 is 1.78 bits per heavy atom. The van der Waals surface area contributed by atoms with Gasteiger partial charge in [0.25, 0.3) is 0 Å². The SMILES string of the molecule is C[C@H]1CC[C@H]([NH+]2CCN(c3ccccc3)CC2)C1. The van der Waals surface area contributed by atoms with Gasteiger partial charge in [0, 0.05) is 12.1 Å². The lowest BCUT2D eigenvalue weighted by Gasteiger charge is -2.36. The summed E-state index contributed by atoms with van der Waals surface area (Å²) in [6.45, 7) is 7.52. The number of nitrogens with zero attached hydrogens (tertiary/aromatic N) is 1. The van der Waals surface area contributed by atoms with Gasteiger partial charge in [-0.15, -0.1) is 0 Å². The van der Waals surface area contributed by atoms with Gasteiger partial charge in [-0.2, -0.15) is 0 Å². The summed E-state index contributed by atoms with van der Waals surface area (Å²) in [4.78, 5) is 4.41. The summed E-state index contributed by atoms with van der Waals surface area (Å²) in [6, 6.07) is 11.8. The lowest BCUT2D eigenvalue weighted by Crippen LogP contribution is -3.18. The molecule has 3 rings (SSSR count). The average Bonchev–Trinajstić information content (AvgIpc) is 2.87. The second-order valence-corrected chi connectivity index (χ2v) is 6.10. The molecule has 98 valence electrons. The van der Waals surface area contributed by atoms with Crippen LogP contribution in [0.1, 0.15) is 26.2 Å². The predicted molar refractivity (Wildman–Crippen MR) is 76.2 cm³/mol. The Hall–Kier alpha value is -1.02. The fourth-order valence-electron chi connectivity index (χ4n) is 3.68. The van der Waals surface area contributed by atoms with Crippen LogP contribution in [0.25, 0.3) is 0 Å². The highest BCUT2D eigenvalue weighted by Crippen LogP contribution is 2.23. The number of para-hydroxylation sites is 1. The second kappa shape index (κ2) is 5.31. The quantitative estimate of drug-likeness (QED) is 0.831. The summed E-state index contributed by atoms with van der Waals surface area (Å²) in [5.41, 5.74) is 1.40. The Morgan fingerprint density at radius 1 is 1.06 bits per heavy atom. The van der Waals surface area contributed by atoms with Crippen molar-refractivity contribution in [3.05, 3.63) is 30.3 Å². The molecular formula is C16H25N2+. The summed E-state index contributed by atoms with van der Waals surface area (Å²) < 4.78 is 0. The molecule has 1 aliphatic heterocycles. The molecule has 0 aromatic heterocycles. The molecule has 0 radical (unpaired) electrons. The van der Waals surface area contributed by atoms with E-state index in [0.29, 0.717) is 0 Å². The van der Waals surface area contributed by atoms with Crippen LogP contribution in [0.3, 0.4) is 0 Å². The summed E-state index contributed by atoms with van der Waals surface area (Å²) in [6.07, 6.45) is 4.37. The van der Waals surface area contributed by atoms with Crippen LogP contribution in [0.15, 0.2) is 30.3 Å². The number of benzene rings is 1. The summed E-state index contributed by atoms with van der Waals surface area (Å²) in [5.74, 6) is 0.967. The van der Waals surface area contributed by atoms with E-state index in [-0.39, 0.29) is 0 Å². The molecule has 1 heterocycles. The highest BCUT2D eigenvalue weighted by atomic mass is 15.3. The van der Waals surface area contributed by atoms with E-state index >= 15 is 0 Å². The third-order valence-electron chi connectivity index (χ3n) is 4.80. The van der Waals surface area contributed by atoms with Crippen LogP contribution in [-0.2, 0) is 0 Å². The minimum atomic E-state index is 0.956. The van der Waals surface area contributed by atoms with Crippen molar-refractivity contribution in [3.8, 4) is 0 Å². The Kier molecular flexibility index (Phi) is 3.55. The molecule has 2 nitrogen and oxygen atoms in total. The average molecular weight is 245 g/mol. The largest absolute Gasteiger partial charge is 0.360 e.